The molecule has 26 heavy (non-hydrogen) atoms. The Hall–Kier alpha value is -1.51. The van der Waals surface area contributed by atoms with Crippen molar-refractivity contribution in [2.24, 2.45) is 4.99 Å². The Kier molecular flexibility index (Phi) is 9.75. The molecule has 0 saturated heterocycles. The maximum Gasteiger partial charge on any atom is 0.213 e. The lowest BCUT2D eigenvalue weighted by atomic mass is 10.3. The number of halogens is 1. The van der Waals surface area contributed by atoms with E-state index in [4.69, 9.17) is 16.3 Å². The highest BCUT2D eigenvalue weighted by Gasteiger charge is 2.14. The molecule has 1 aromatic carbocycles. The molecule has 0 fully saturated rings. The predicted molar refractivity (Wildman–Crippen MR) is 108 cm³/mol. The van der Waals surface area contributed by atoms with Gasteiger partial charge in [0.15, 0.2) is 5.96 Å². The Morgan fingerprint density at radius 3 is 2.54 bits per heavy atom. The number of guanidine groups is 1. The van der Waals surface area contributed by atoms with E-state index >= 15 is 0 Å². The van der Waals surface area contributed by atoms with Crippen molar-refractivity contribution < 1.29 is 13.2 Å². The van der Waals surface area contributed by atoms with Gasteiger partial charge in [-0.2, -0.15) is 0 Å². The summed E-state index contributed by atoms with van der Waals surface area (Å²) in [5.74, 6) is 1.52. The molecule has 0 bridgehead atoms. The first kappa shape index (κ1) is 22.5. The van der Waals surface area contributed by atoms with Crippen LogP contribution in [0.2, 0.25) is 5.02 Å². The number of ether oxygens (including phenoxy) is 1. The van der Waals surface area contributed by atoms with E-state index in [1.54, 1.807) is 33.2 Å². The zero-order chi connectivity index (χ0) is 19.6. The van der Waals surface area contributed by atoms with Crippen LogP contribution in [0.4, 0.5) is 0 Å². The van der Waals surface area contributed by atoms with E-state index in [-0.39, 0.29) is 11.9 Å². The second-order valence-electron chi connectivity index (χ2n) is 5.84. The molecule has 0 aliphatic rings. The van der Waals surface area contributed by atoms with Gasteiger partial charge >= 0.3 is 0 Å². The van der Waals surface area contributed by atoms with Gasteiger partial charge in [-0.05, 0) is 44.5 Å². The molecule has 0 radical (unpaired) electrons. The van der Waals surface area contributed by atoms with Gasteiger partial charge in [0.2, 0.25) is 10.0 Å². The number of hydrogen-bond acceptors (Lipinski definition) is 4. The quantitative estimate of drug-likeness (QED) is 0.354. The fraction of sp³-hybridized carbons (Fsp3) is 0.588. The van der Waals surface area contributed by atoms with Crippen LogP contribution in [0.25, 0.3) is 0 Å². The molecule has 148 valence electrons. The van der Waals surface area contributed by atoms with Crippen LogP contribution in [-0.2, 0) is 10.0 Å². The Labute approximate surface area is 161 Å². The molecule has 1 aromatic rings. The molecule has 9 heteroatoms. The lowest BCUT2D eigenvalue weighted by molar-refractivity contribution is 0.224. The van der Waals surface area contributed by atoms with Crippen LogP contribution in [-0.4, -0.2) is 64.3 Å². The van der Waals surface area contributed by atoms with Crippen molar-refractivity contribution in [2.45, 2.75) is 26.4 Å². The van der Waals surface area contributed by atoms with Gasteiger partial charge in [0.1, 0.15) is 11.9 Å². The lowest BCUT2D eigenvalue weighted by Gasteiger charge is -2.19. The summed E-state index contributed by atoms with van der Waals surface area (Å²) in [6.07, 6.45) is 0.628. The number of nitrogens with zero attached hydrogens (tertiary/aromatic N) is 2. The zero-order valence-corrected chi connectivity index (χ0v) is 17.4. The summed E-state index contributed by atoms with van der Waals surface area (Å²) in [4.78, 5) is 4.15. The summed E-state index contributed by atoms with van der Waals surface area (Å²) in [6.45, 7) is 5.26. The molecular formula is C17H29ClN4O3S. The molecule has 2 N–H and O–H groups in total. The van der Waals surface area contributed by atoms with Gasteiger partial charge in [0, 0.05) is 32.2 Å². The SMILES string of the molecule is CCS(=O)(=O)N(C)CCCNC(=NC)NCC(C)Oc1ccc(Cl)cc1. The van der Waals surface area contributed by atoms with Crippen molar-refractivity contribution in [2.75, 3.05) is 39.5 Å². The number of hydrogen-bond donors (Lipinski definition) is 2. The molecular weight excluding hydrogens is 376 g/mol. The van der Waals surface area contributed by atoms with E-state index in [0.29, 0.717) is 37.0 Å². The normalized spacial score (nSPS) is 13.5. The minimum absolute atomic E-state index is 0.0597. The van der Waals surface area contributed by atoms with Crippen molar-refractivity contribution in [3.05, 3.63) is 29.3 Å². The summed E-state index contributed by atoms with van der Waals surface area (Å²) in [6, 6.07) is 7.22. The minimum atomic E-state index is -3.12. The number of nitrogens with one attached hydrogen (secondary N) is 2. The number of rotatable bonds is 10. The first-order valence-corrected chi connectivity index (χ1v) is 10.6. The summed E-state index contributed by atoms with van der Waals surface area (Å²) in [7, 11) is 0.164. The molecule has 0 aromatic heterocycles. The summed E-state index contributed by atoms with van der Waals surface area (Å²) >= 11 is 5.85. The third-order valence-electron chi connectivity index (χ3n) is 3.71. The first-order chi connectivity index (χ1) is 12.3. The molecule has 1 atom stereocenters. The molecule has 0 spiro atoms. The van der Waals surface area contributed by atoms with Gasteiger partial charge in [-0.1, -0.05) is 11.6 Å². The van der Waals surface area contributed by atoms with Crippen molar-refractivity contribution in [1.29, 1.82) is 0 Å². The average molecular weight is 405 g/mol. The van der Waals surface area contributed by atoms with Crippen LogP contribution in [0, 0.1) is 0 Å². The summed E-state index contributed by atoms with van der Waals surface area (Å²) in [5.41, 5.74) is 0. The Morgan fingerprint density at radius 1 is 1.31 bits per heavy atom. The minimum Gasteiger partial charge on any atom is -0.489 e. The molecule has 0 saturated carbocycles. The van der Waals surface area contributed by atoms with Crippen LogP contribution in [0.1, 0.15) is 20.3 Å². The number of aliphatic imine (C=N–C) groups is 1. The summed E-state index contributed by atoms with van der Waals surface area (Å²) < 4.78 is 30.5. The average Bonchev–Trinajstić information content (AvgIpc) is 2.62. The van der Waals surface area contributed by atoms with Crippen molar-refractivity contribution in [3.8, 4) is 5.75 Å². The van der Waals surface area contributed by atoms with E-state index in [2.05, 4.69) is 15.6 Å². The van der Waals surface area contributed by atoms with Gasteiger partial charge < -0.3 is 15.4 Å². The van der Waals surface area contributed by atoms with Crippen LogP contribution in [0.3, 0.4) is 0 Å². The Bertz CT molecular complexity index is 665. The zero-order valence-electron chi connectivity index (χ0n) is 15.8. The Morgan fingerprint density at radius 2 is 1.96 bits per heavy atom. The Balaban J connectivity index is 2.29. The van der Waals surface area contributed by atoms with Crippen LogP contribution >= 0.6 is 11.6 Å². The van der Waals surface area contributed by atoms with Crippen LogP contribution < -0.4 is 15.4 Å². The molecule has 0 aliphatic carbocycles. The van der Waals surface area contributed by atoms with E-state index < -0.39 is 10.0 Å². The molecule has 0 heterocycles. The molecule has 1 rings (SSSR count). The molecule has 1 unspecified atom stereocenters. The van der Waals surface area contributed by atoms with E-state index in [1.165, 1.54) is 4.31 Å². The monoisotopic (exact) mass is 404 g/mol. The van der Waals surface area contributed by atoms with Gasteiger partial charge in [0.05, 0.1) is 12.3 Å². The first-order valence-electron chi connectivity index (χ1n) is 8.59. The highest BCUT2D eigenvalue weighted by atomic mass is 35.5. The molecule has 0 amide bonds. The summed E-state index contributed by atoms with van der Waals surface area (Å²) in [5, 5.41) is 7.02. The highest BCUT2D eigenvalue weighted by molar-refractivity contribution is 7.89. The van der Waals surface area contributed by atoms with Crippen molar-refractivity contribution in [1.82, 2.24) is 14.9 Å². The predicted octanol–water partition coefficient (Wildman–Crippen LogP) is 1.94. The lowest BCUT2D eigenvalue weighted by Crippen LogP contribution is -2.42. The second-order valence-corrected chi connectivity index (χ2v) is 8.64. The fourth-order valence-corrected chi connectivity index (χ4v) is 3.09. The van der Waals surface area contributed by atoms with Gasteiger partial charge in [-0.15, -0.1) is 0 Å². The topological polar surface area (TPSA) is 83.0 Å². The fourth-order valence-electron chi connectivity index (χ4n) is 2.12. The van der Waals surface area contributed by atoms with Gasteiger partial charge in [-0.25, -0.2) is 12.7 Å². The van der Waals surface area contributed by atoms with Crippen molar-refractivity contribution in [3.63, 3.8) is 0 Å². The van der Waals surface area contributed by atoms with E-state index in [1.807, 2.05) is 19.1 Å². The van der Waals surface area contributed by atoms with Gasteiger partial charge in [-0.3, -0.25) is 4.99 Å². The van der Waals surface area contributed by atoms with E-state index in [9.17, 15) is 8.42 Å². The van der Waals surface area contributed by atoms with Gasteiger partial charge in [0.25, 0.3) is 0 Å². The maximum absolute atomic E-state index is 11.7. The molecule has 0 aliphatic heterocycles. The van der Waals surface area contributed by atoms with Crippen LogP contribution in [0.5, 0.6) is 5.75 Å². The van der Waals surface area contributed by atoms with Crippen LogP contribution in [0.15, 0.2) is 29.3 Å². The smallest absolute Gasteiger partial charge is 0.213 e. The third-order valence-corrected chi connectivity index (χ3v) is 5.83. The molecule has 7 nitrogen and oxygen atoms in total. The number of sulfonamides is 1. The second kappa shape index (κ2) is 11.3. The number of benzene rings is 1. The van der Waals surface area contributed by atoms with E-state index in [0.717, 1.165) is 5.75 Å². The maximum atomic E-state index is 11.7. The van der Waals surface area contributed by atoms with Crippen molar-refractivity contribution >= 4 is 27.6 Å². The highest BCUT2D eigenvalue weighted by Crippen LogP contribution is 2.16. The largest absolute Gasteiger partial charge is 0.489 e. The third kappa shape index (κ3) is 8.25. The standard InChI is InChI=1S/C17H29ClN4O3S/c1-5-26(23,24)22(4)12-6-11-20-17(19-3)21-13-14(2)25-16-9-7-15(18)8-10-16/h7-10,14H,5-6,11-13H2,1-4H3,(H2,19,20,21).